The van der Waals surface area contributed by atoms with Crippen LogP contribution in [0.3, 0.4) is 0 Å². The van der Waals surface area contributed by atoms with E-state index in [0.29, 0.717) is 17.8 Å². The Morgan fingerprint density at radius 2 is 2.06 bits per heavy atom. The maximum atomic E-state index is 11.2. The number of halogens is 1. The monoisotopic (exact) mass is 258 g/mol. The highest BCUT2D eigenvalue weighted by Gasteiger charge is 2.11. The number of nitrogens with zero attached hydrogens (tertiary/aromatic N) is 2. The molecule has 1 heterocycles. The smallest absolute Gasteiger partial charge is 0.268 e. The number of carbonyl (C=O) groups excluding carboxylic acids is 1. The molecule has 2 aromatic rings. The second kappa shape index (κ2) is 5.52. The fourth-order valence-corrected chi connectivity index (χ4v) is 1.98. The van der Waals surface area contributed by atoms with Gasteiger partial charge in [0, 0.05) is 12.7 Å². The van der Waals surface area contributed by atoms with Gasteiger partial charge in [-0.2, -0.15) is 5.26 Å². The van der Waals surface area contributed by atoms with Gasteiger partial charge in [0.25, 0.3) is 5.24 Å². The van der Waals surface area contributed by atoms with E-state index in [1.54, 1.807) is 10.8 Å². The van der Waals surface area contributed by atoms with E-state index in [2.05, 4.69) is 0 Å². The van der Waals surface area contributed by atoms with Crippen molar-refractivity contribution in [3.63, 3.8) is 0 Å². The zero-order valence-electron chi connectivity index (χ0n) is 9.64. The summed E-state index contributed by atoms with van der Waals surface area (Å²) in [5.74, 6) is 0. The molecule has 0 fully saturated rings. The molecule has 0 aliphatic carbocycles. The summed E-state index contributed by atoms with van der Waals surface area (Å²) >= 11 is 5.49. The minimum atomic E-state index is -0.537. The highest BCUT2D eigenvalue weighted by Crippen LogP contribution is 2.12. The Balaban J connectivity index is 2.16. The lowest BCUT2D eigenvalue weighted by Crippen LogP contribution is -2.06. The molecule has 0 bridgehead atoms. The fourth-order valence-electron chi connectivity index (χ4n) is 1.81. The third kappa shape index (κ3) is 2.79. The van der Waals surface area contributed by atoms with Crippen LogP contribution in [0.5, 0.6) is 0 Å². The molecule has 0 spiro atoms. The maximum absolute atomic E-state index is 11.2. The van der Waals surface area contributed by atoms with E-state index >= 15 is 0 Å². The summed E-state index contributed by atoms with van der Waals surface area (Å²) in [5, 5.41) is 8.29. The zero-order valence-corrected chi connectivity index (χ0v) is 10.4. The molecule has 0 radical (unpaired) electrons. The Hall–Kier alpha value is -2.05. The second-order valence-electron chi connectivity index (χ2n) is 3.93. The van der Waals surface area contributed by atoms with Gasteiger partial charge in [0.2, 0.25) is 0 Å². The van der Waals surface area contributed by atoms with Crippen molar-refractivity contribution in [3.05, 3.63) is 59.4 Å². The van der Waals surface area contributed by atoms with E-state index in [1.807, 2.05) is 36.4 Å². The summed E-state index contributed by atoms with van der Waals surface area (Å²) in [4.78, 5) is 11.2. The summed E-state index contributed by atoms with van der Waals surface area (Å²) in [6, 6.07) is 13.5. The summed E-state index contributed by atoms with van der Waals surface area (Å²) in [6.07, 6.45) is 2.44. The summed E-state index contributed by atoms with van der Waals surface area (Å²) < 4.78 is 1.72. The molecule has 3 nitrogen and oxygen atoms in total. The zero-order chi connectivity index (χ0) is 13.0. The van der Waals surface area contributed by atoms with E-state index in [1.165, 1.54) is 11.6 Å². The quantitative estimate of drug-likeness (QED) is 0.792. The summed E-state index contributed by atoms with van der Waals surface area (Å²) in [6.45, 7) is 0.624. The predicted octanol–water partition coefficient (Wildman–Crippen LogP) is 2.98. The lowest BCUT2D eigenvalue weighted by atomic mass is 10.1. The van der Waals surface area contributed by atoms with E-state index < -0.39 is 5.24 Å². The molecular formula is C14H11ClN2O. The van der Waals surface area contributed by atoms with Gasteiger partial charge in [-0.3, -0.25) is 4.79 Å². The lowest BCUT2D eigenvalue weighted by molar-refractivity contribution is 0.107. The Morgan fingerprint density at radius 3 is 2.67 bits per heavy atom. The van der Waals surface area contributed by atoms with Crippen LogP contribution in [0.2, 0.25) is 0 Å². The highest BCUT2D eigenvalue weighted by atomic mass is 35.5. The van der Waals surface area contributed by atoms with Crippen LogP contribution in [0.25, 0.3) is 0 Å². The molecule has 2 rings (SSSR count). The summed E-state index contributed by atoms with van der Waals surface area (Å²) in [5.41, 5.74) is 1.99. The molecule has 0 aliphatic rings. The van der Waals surface area contributed by atoms with Gasteiger partial charge in [-0.15, -0.1) is 0 Å². The first-order chi connectivity index (χ1) is 8.70. The first-order valence-electron chi connectivity index (χ1n) is 5.55. The molecule has 0 N–H and O–H groups in total. The largest absolute Gasteiger partial charge is 0.342 e. The Bertz CT molecular complexity index is 596. The van der Waals surface area contributed by atoms with Crippen LogP contribution in [-0.2, 0) is 13.0 Å². The van der Waals surface area contributed by atoms with Crippen molar-refractivity contribution >= 4 is 16.8 Å². The summed E-state index contributed by atoms with van der Waals surface area (Å²) in [7, 11) is 0. The Labute approximate surface area is 110 Å². The van der Waals surface area contributed by atoms with E-state index in [4.69, 9.17) is 16.9 Å². The minimum absolute atomic E-state index is 0.365. The van der Waals surface area contributed by atoms with Crippen molar-refractivity contribution in [2.45, 2.75) is 13.0 Å². The average Bonchev–Trinajstić information content (AvgIpc) is 2.81. The van der Waals surface area contributed by atoms with Crippen molar-refractivity contribution in [2.24, 2.45) is 0 Å². The molecule has 18 heavy (non-hydrogen) atoms. The van der Waals surface area contributed by atoms with Crippen molar-refractivity contribution in [2.75, 3.05) is 0 Å². The van der Waals surface area contributed by atoms with Gasteiger partial charge >= 0.3 is 0 Å². The molecule has 90 valence electrons. The van der Waals surface area contributed by atoms with Crippen molar-refractivity contribution in [3.8, 4) is 6.07 Å². The topological polar surface area (TPSA) is 45.8 Å². The van der Waals surface area contributed by atoms with Crippen LogP contribution in [0.15, 0.2) is 42.6 Å². The van der Waals surface area contributed by atoms with Crippen LogP contribution >= 0.6 is 11.6 Å². The van der Waals surface area contributed by atoms with E-state index in [-0.39, 0.29) is 0 Å². The van der Waals surface area contributed by atoms with E-state index in [0.717, 1.165) is 6.42 Å². The molecule has 0 saturated carbocycles. The Kier molecular flexibility index (Phi) is 3.81. The van der Waals surface area contributed by atoms with Gasteiger partial charge in [-0.05, 0) is 29.7 Å². The highest BCUT2D eigenvalue weighted by molar-refractivity contribution is 6.67. The average molecular weight is 259 g/mol. The molecule has 4 heteroatoms. The van der Waals surface area contributed by atoms with Gasteiger partial charge in [-0.25, -0.2) is 0 Å². The molecule has 0 saturated heterocycles. The normalized spacial score (nSPS) is 10.0. The molecule has 0 atom stereocenters. The van der Waals surface area contributed by atoms with Crippen molar-refractivity contribution in [1.82, 2.24) is 4.57 Å². The molecule has 0 aliphatic heterocycles. The van der Waals surface area contributed by atoms with Gasteiger partial charge < -0.3 is 4.57 Å². The van der Waals surface area contributed by atoms with Gasteiger partial charge in [0.05, 0.1) is 5.56 Å². The first-order valence-corrected chi connectivity index (χ1v) is 5.92. The molecular weight excluding hydrogens is 248 g/mol. The second-order valence-corrected chi connectivity index (χ2v) is 4.27. The van der Waals surface area contributed by atoms with Crippen molar-refractivity contribution in [1.29, 1.82) is 5.26 Å². The van der Waals surface area contributed by atoms with E-state index in [9.17, 15) is 4.79 Å². The van der Waals surface area contributed by atoms with Crippen LogP contribution in [0, 0.1) is 11.3 Å². The SMILES string of the molecule is N#Cc1cc(C(=O)Cl)n(CCc2ccccc2)c1. The van der Waals surface area contributed by atoms with Gasteiger partial charge in [-0.1, -0.05) is 30.3 Å². The number of carbonyl (C=O) groups is 1. The predicted molar refractivity (Wildman–Crippen MR) is 69.5 cm³/mol. The number of aromatic nitrogens is 1. The third-order valence-corrected chi connectivity index (χ3v) is 2.90. The number of rotatable bonds is 4. The Morgan fingerprint density at radius 1 is 1.33 bits per heavy atom. The van der Waals surface area contributed by atoms with Crippen LogP contribution < -0.4 is 0 Å². The number of nitriles is 1. The lowest BCUT2D eigenvalue weighted by Gasteiger charge is -2.06. The van der Waals surface area contributed by atoms with Crippen LogP contribution in [0.1, 0.15) is 21.6 Å². The fraction of sp³-hybridized carbons (Fsp3) is 0.143. The third-order valence-electron chi connectivity index (χ3n) is 2.71. The standard InChI is InChI=1S/C14H11ClN2O/c15-14(18)13-8-12(9-16)10-17(13)7-6-11-4-2-1-3-5-11/h1-5,8,10H,6-7H2. The maximum Gasteiger partial charge on any atom is 0.268 e. The molecule has 0 unspecified atom stereocenters. The van der Waals surface area contributed by atoms with Gasteiger partial charge in [0.15, 0.2) is 0 Å². The van der Waals surface area contributed by atoms with Gasteiger partial charge in [0.1, 0.15) is 11.8 Å². The first kappa shape index (κ1) is 12.4. The molecule has 1 aromatic carbocycles. The molecule has 0 amide bonds. The minimum Gasteiger partial charge on any atom is -0.342 e. The molecule has 1 aromatic heterocycles. The van der Waals surface area contributed by atoms with Crippen LogP contribution in [0.4, 0.5) is 0 Å². The number of hydrogen-bond donors (Lipinski definition) is 0. The van der Waals surface area contributed by atoms with Crippen molar-refractivity contribution < 1.29 is 4.79 Å². The number of aryl methyl sites for hydroxylation is 2. The van der Waals surface area contributed by atoms with Crippen LogP contribution in [-0.4, -0.2) is 9.81 Å². The number of benzene rings is 1. The number of hydrogen-bond acceptors (Lipinski definition) is 2.